The van der Waals surface area contributed by atoms with Gasteiger partial charge in [-0.1, -0.05) is 44.2 Å². The Morgan fingerprint density at radius 3 is 2.42 bits per heavy atom. The average molecular weight is 257 g/mol. The van der Waals surface area contributed by atoms with Crippen molar-refractivity contribution in [2.24, 2.45) is 7.05 Å². The fourth-order valence-electron chi connectivity index (χ4n) is 2.64. The van der Waals surface area contributed by atoms with Gasteiger partial charge in [-0.2, -0.15) is 5.10 Å². The molecule has 0 aliphatic heterocycles. The highest BCUT2D eigenvalue weighted by Crippen LogP contribution is 2.32. The number of rotatable bonds is 6. The summed E-state index contributed by atoms with van der Waals surface area (Å²) in [6.45, 7) is 5.34. The lowest BCUT2D eigenvalue weighted by atomic mass is 9.87. The van der Waals surface area contributed by atoms with E-state index >= 15 is 0 Å². The highest BCUT2D eigenvalue weighted by molar-refractivity contribution is 5.24. The van der Waals surface area contributed by atoms with E-state index in [0.29, 0.717) is 5.92 Å². The van der Waals surface area contributed by atoms with Gasteiger partial charge in [-0.3, -0.25) is 4.68 Å². The second-order valence-electron chi connectivity index (χ2n) is 4.88. The first-order valence-corrected chi connectivity index (χ1v) is 7.04. The fraction of sp³-hybridized carbons (Fsp3) is 0.438. The molecule has 102 valence electrons. The van der Waals surface area contributed by atoms with Crippen LogP contribution in [0.3, 0.4) is 0 Å². The molecular weight excluding hydrogens is 234 g/mol. The minimum absolute atomic E-state index is 0.276. The number of benzene rings is 1. The van der Waals surface area contributed by atoms with E-state index in [-0.39, 0.29) is 6.04 Å². The summed E-state index contributed by atoms with van der Waals surface area (Å²) in [6.07, 6.45) is 3.11. The van der Waals surface area contributed by atoms with Crippen molar-refractivity contribution in [3.05, 3.63) is 53.9 Å². The molecule has 1 aromatic heterocycles. The van der Waals surface area contributed by atoms with Crippen LogP contribution in [0.25, 0.3) is 0 Å². The Bertz CT molecular complexity index is 490. The minimum atomic E-state index is 0.276. The van der Waals surface area contributed by atoms with Crippen LogP contribution in [0, 0.1) is 0 Å². The quantitative estimate of drug-likeness (QED) is 0.860. The lowest BCUT2D eigenvalue weighted by Crippen LogP contribution is -2.27. The molecule has 0 aliphatic carbocycles. The van der Waals surface area contributed by atoms with E-state index in [9.17, 15) is 0 Å². The number of hydrogen-bond acceptors (Lipinski definition) is 2. The minimum Gasteiger partial charge on any atom is -0.308 e. The summed E-state index contributed by atoms with van der Waals surface area (Å²) in [5, 5.41) is 8.16. The molecule has 3 nitrogen and oxygen atoms in total. The van der Waals surface area contributed by atoms with Crippen molar-refractivity contribution in [2.75, 3.05) is 6.54 Å². The van der Waals surface area contributed by atoms with Crippen LogP contribution in [0.1, 0.15) is 43.5 Å². The lowest BCUT2D eigenvalue weighted by Gasteiger charge is -2.26. The van der Waals surface area contributed by atoms with Crippen LogP contribution in [-0.4, -0.2) is 16.3 Å². The van der Waals surface area contributed by atoms with Crippen molar-refractivity contribution in [3.8, 4) is 0 Å². The molecule has 0 amide bonds. The van der Waals surface area contributed by atoms with Gasteiger partial charge in [0, 0.05) is 19.2 Å². The van der Waals surface area contributed by atoms with Crippen LogP contribution in [0.2, 0.25) is 0 Å². The van der Waals surface area contributed by atoms with E-state index in [1.807, 2.05) is 17.9 Å². The molecule has 1 heterocycles. The smallest absolute Gasteiger partial charge is 0.0800 e. The van der Waals surface area contributed by atoms with Gasteiger partial charge in [0.05, 0.1) is 11.7 Å². The average Bonchev–Trinajstić information content (AvgIpc) is 2.86. The fourth-order valence-corrected chi connectivity index (χ4v) is 2.64. The van der Waals surface area contributed by atoms with Crippen molar-refractivity contribution >= 4 is 0 Å². The molecular formula is C16H23N3. The molecule has 3 heteroatoms. The van der Waals surface area contributed by atoms with Crippen LogP contribution < -0.4 is 5.32 Å². The SMILES string of the molecule is CCNC(c1ccn(C)n1)C(CC)c1ccccc1. The van der Waals surface area contributed by atoms with E-state index in [0.717, 1.165) is 18.7 Å². The molecule has 2 rings (SSSR count). The van der Waals surface area contributed by atoms with E-state index in [2.05, 4.69) is 60.7 Å². The molecule has 0 saturated heterocycles. The van der Waals surface area contributed by atoms with Gasteiger partial charge < -0.3 is 5.32 Å². The maximum absolute atomic E-state index is 4.58. The molecule has 0 spiro atoms. The van der Waals surface area contributed by atoms with Crippen molar-refractivity contribution in [1.82, 2.24) is 15.1 Å². The Labute approximate surface area is 115 Å². The largest absolute Gasteiger partial charge is 0.308 e. The molecule has 2 unspecified atom stereocenters. The zero-order valence-electron chi connectivity index (χ0n) is 12.0. The Balaban J connectivity index is 2.31. The van der Waals surface area contributed by atoms with Crippen LogP contribution in [0.4, 0.5) is 0 Å². The van der Waals surface area contributed by atoms with Crippen LogP contribution in [0.15, 0.2) is 42.6 Å². The zero-order valence-corrected chi connectivity index (χ0v) is 12.0. The third-order valence-corrected chi connectivity index (χ3v) is 3.55. The van der Waals surface area contributed by atoms with Crippen LogP contribution >= 0.6 is 0 Å². The van der Waals surface area contributed by atoms with E-state index in [4.69, 9.17) is 0 Å². The summed E-state index contributed by atoms with van der Waals surface area (Å²) in [5.74, 6) is 0.455. The van der Waals surface area contributed by atoms with Crippen LogP contribution in [-0.2, 0) is 7.05 Å². The maximum Gasteiger partial charge on any atom is 0.0800 e. The highest BCUT2D eigenvalue weighted by Gasteiger charge is 2.24. The van der Waals surface area contributed by atoms with Gasteiger partial charge in [-0.15, -0.1) is 0 Å². The first-order valence-electron chi connectivity index (χ1n) is 7.04. The third-order valence-electron chi connectivity index (χ3n) is 3.55. The Morgan fingerprint density at radius 1 is 1.16 bits per heavy atom. The molecule has 1 N–H and O–H groups in total. The number of nitrogens with zero attached hydrogens (tertiary/aromatic N) is 2. The van der Waals surface area contributed by atoms with E-state index < -0.39 is 0 Å². The van der Waals surface area contributed by atoms with Gasteiger partial charge in [-0.25, -0.2) is 0 Å². The normalized spacial score (nSPS) is 14.3. The number of hydrogen-bond donors (Lipinski definition) is 1. The first-order chi connectivity index (χ1) is 9.26. The van der Waals surface area contributed by atoms with Gasteiger partial charge in [-0.05, 0) is 24.6 Å². The van der Waals surface area contributed by atoms with Gasteiger partial charge >= 0.3 is 0 Å². The molecule has 1 aromatic carbocycles. The molecule has 0 fully saturated rings. The predicted octanol–water partition coefficient (Wildman–Crippen LogP) is 3.26. The summed E-state index contributed by atoms with van der Waals surface area (Å²) in [6, 6.07) is 13.1. The van der Waals surface area contributed by atoms with E-state index in [1.165, 1.54) is 5.56 Å². The maximum atomic E-state index is 4.58. The van der Waals surface area contributed by atoms with Crippen molar-refractivity contribution in [1.29, 1.82) is 0 Å². The second kappa shape index (κ2) is 6.53. The van der Waals surface area contributed by atoms with Gasteiger partial charge in [0.1, 0.15) is 0 Å². The highest BCUT2D eigenvalue weighted by atomic mass is 15.3. The molecule has 0 radical (unpaired) electrons. The number of aromatic nitrogens is 2. The molecule has 2 atom stereocenters. The van der Waals surface area contributed by atoms with Crippen molar-refractivity contribution in [3.63, 3.8) is 0 Å². The standard InChI is InChI=1S/C16H23N3/c1-4-14(13-9-7-6-8-10-13)16(17-5-2)15-11-12-19(3)18-15/h6-12,14,16-17H,4-5H2,1-3H3. The summed E-state index contributed by atoms with van der Waals surface area (Å²) in [4.78, 5) is 0. The molecule has 0 aliphatic rings. The summed E-state index contributed by atoms with van der Waals surface area (Å²) in [7, 11) is 1.97. The van der Waals surface area contributed by atoms with Gasteiger partial charge in [0.2, 0.25) is 0 Å². The van der Waals surface area contributed by atoms with Gasteiger partial charge in [0.15, 0.2) is 0 Å². The Morgan fingerprint density at radius 2 is 1.89 bits per heavy atom. The topological polar surface area (TPSA) is 29.9 Å². The van der Waals surface area contributed by atoms with E-state index in [1.54, 1.807) is 0 Å². The summed E-state index contributed by atoms with van der Waals surface area (Å²) < 4.78 is 1.87. The Kier molecular flexibility index (Phi) is 4.74. The number of likely N-dealkylation sites (N-methyl/N-ethyl adjacent to an activating group) is 1. The van der Waals surface area contributed by atoms with Gasteiger partial charge in [0.25, 0.3) is 0 Å². The number of aryl methyl sites for hydroxylation is 1. The monoisotopic (exact) mass is 257 g/mol. The lowest BCUT2D eigenvalue weighted by molar-refractivity contribution is 0.432. The summed E-state index contributed by atoms with van der Waals surface area (Å²) in [5.41, 5.74) is 2.50. The predicted molar refractivity (Wildman–Crippen MR) is 79.1 cm³/mol. The van der Waals surface area contributed by atoms with Crippen molar-refractivity contribution < 1.29 is 0 Å². The zero-order chi connectivity index (χ0) is 13.7. The first kappa shape index (κ1) is 13.8. The third kappa shape index (κ3) is 3.24. The Hall–Kier alpha value is -1.61. The number of nitrogens with one attached hydrogen (secondary N) is 1. The van der Waals surface area contributed by atoms with Crippen molar-refractivity contribution in [2.45, 2.75) is 32.2 Å². The molecule has 19 heavy (non-hydrogen) atoms. The van der Waals surface area contributed by atoms with Crippen LogP contribution in [0.5, 0.6) is 0 Å². The molecule has 0 saturated carbocycles. The summed E-state index contributed by atoms with van der Waals surface area (Å²) >= 11 is 0. The second-order valence-corrected chi connectivity index (χ2v) is 4.88. The molecule has 2 aromatic rings. The molecule has 0 bridgehead atoms.